The van der Waals surface area contributed by atoms with Gasteiger partial charge in [0.2, 0.25) is 0 Å². The average molecular weight is 324 g/mol. The van der Waals surface area contributed by atoms with Crippen molar-refractivity contribution in [1.82, 2.24) is 4.98 Å². The molecule has 0 aliphatic carbocycles. The number of amides is 1. The molecule has 2 heterocycles. The van der Waals surface area contributed by atoms with E-state index in [4.69, 9.17) is 12.2 Å². The number of allylic oxidation sites excluding steroid dienone is 2. The second-order valence-electron chi connectivity index (χ2n) is 4.52. The summed E-state index contributed by atoms with van der Waals surface area (Å²) in [5, 5.41) is 0. The van der Waals surface area contributed by atoms with Crippen molar-refractivity contribution >= 4 is 46.0 Å². The van der Waals surface area contributed by atoms with Crippen LogP contribution in [0.1, 0.15) is 5.56 Å². The second-order valence-corrected chi connectivity index (χ2v) is 6.20. The lowest BCUT2D eigenvalue weighted by Crippen LogP contribution is -2.27. The van der Waals surface area contributed by atoms with Gasteiger partial charge in [0.25, 0.3) is 5.91 Å². The molecular formula is C17H12N2OS2. The fourth-order valence-electron chi connectivity index (χ4n) is 2.00. The van der Waals surface area contributed by atoms with E-state index < -0.39 is 0 Å². The molecule has 1 aromatic carbocycles. The van der Waals surface area contributed by atoms with Crippen LogP contribution in [0.2, 0.25) is 0 Å². The molecule has 1 aliphatic heterocycles. The van der Waals surface area contributed by atoms with E-state index in [2.05, 4.69) is 4.98 Å². The first kappa shape index (κ1) is 14.7. The van der Waals surface area contributed by atoms with E-state index in [1.54, 1.807) is 24.5 Å². The van der Waals surface area contributed by atoms with Crippen LogP contribution < -0.4 is 4.90 Å². The molecule has 0 bridgehead atoms. The molecule has 0 atom stereocenters. The number of benzene rings is 1. The van der Waals surface area contributed by atoms with Gasteiger partial charge < -0.3 is 0 Å². The van der Waals surface area contributed by atoms with Gasteiger partial charge in [0.05, 0.1) is 16.8 Å². The predicted octanol–water partition coefficient (Wildman–Crippen LogP) is 4.04. The van der Waals surface area contributed by atoms with Crippen LogP contribution in [0.3, 0.4) is 0 Å². The first-order chi connectivity index (χ1) is 10.8. The van der Waals surface area contributed by atoms with E-state index >= 15 is 0 Å². The van der Waals surface area contributed by atoms with Crippen LogP contribution in [0.4, 0.5) is 5.69 Å². The van der Waals surface area contributed by atoms with Gasteiger partial charge in [-0.2, -0.15) is 0 Å². The van der Waals surface area contributed by atoms with Gasteiger partial charge in [0.15, 0.2) is 4.32 Å². The van der Waals surface area contributed by atoms with Crippen LogP contribution >= 0.6 is 24.0 Å². The van der Waals surface area contributed by atoms with Crippen molar-refractivity contribution in [3.05, 3.63) is 77.5 Å². The Bertz CT molecular complexity index is 755. The van der Waals surface area contributed by atoms with Crippen molar-refractivity contribution in [1.29, 1.82) is 0 Å². The number of thiocarbonyl (C=S) groups is 1. The van der Waals surface area contributed by atoms with Gasteiger partial charge in [-0.1, -0.05) is 66.5 Å². The summed E-state index contributed by atoms with van der Waals surface area (Å²) in [6.07, 6.45) is 8.91. The molecule has 3 nitrogen and oxygen atoms in total. The third kappa shape index (κ3) is 3.16. The highest BCUT2D eigenvalue weighted by Crippen LogP contribution is 2.34. The molecule has 108 valence electrons. The van der Waals surface area contributed by atoms with Crippen molar-refractivity contribution in [2.45, 2.75) is 0 Å². The minimum atomic E-state index is -0.110. The summed E-state index contributed by atoms with van der Waals surface area (Å²) in [6.45, 7) is 0. The van der Waals surface area contributed by atoms with Crippen molar-refractivity contribution < 1.29 is 4.79 Å². The van der Waals surface area contributed by atoms with Crippen LogP contribution in [-0.2, 0) is 4.79 Å². The maximum Gasteiger partial charge on any atom is 0.270 e. The quantitative estimate of drug-likeness (QED) is 0.630. The largest absolute Gasteiger partial charge is 0.270 e. The van der Waals surface area contributed by atoms with Crippen LogP contribution in [0.25, 0.3) is 6.08 Å². The zero-order valence-corrected chi connectivity index (χ0v) is 13.2. The number of carbonyl (C=O) groups is 1. The maximum atomic E-state index is 12.4. The lowest BCUT2D eigenvalue weighted by atomic mass is 10.2. The third-order valence-corrected chi connectivity index (χ3v) is 4.35. The van der Waals surface area contributed by atoms with Crippen molar-refractivity contribution in [2.24, 2.45) is 0 Å². The Balaban J connectivity index is 1.79. The molecule has 3 rings (SSSR count). The smallest absolute Gasteiger partial charge is 0.268 e. The monoisotopic (exact) mass is 324 g/mol. The van der Waals surface area contributed by atoms with E-state index in [0.717, 1.165) is 5.56 Å². The minimum absolute atomic E-state index is 0.110. The third-order valence-electron chi connectivity index (χ3n) is 3.03. The SMILES string of the molecule is O=C1/C(=C\C=C\c2ccccc2)SC(=S)N1c1cccnc1. The summed E-state index contributed by atoms with van der Waals surface area (Å²) >= 11 is 6.60. The second kappa shape index (κ2) is 6.68. The highest BCUT2D eigenvalue weighted by molar-refractivity contribution is 8.27. The van der Waals surface area contributed by atoms with Crippen LogP contribution in [0.5, 0.6) is 0 Å². The summed E-state index contributed by atoms with van der Waals surface area (Å²) in [5.41, 5.74) is 1.78. The molecule has 1 amide bonds. The summed E-state index contributed by atoms with van der Waals surface area (Å²) in [5.74, 6) is -0.110. The number of thioether (sulfide) groups is 1. The molecule has 0 radical (unpaired) electrons. The molecule has 0 unspecified atom stereocenters. The highest BCUT2D eigenvalue weighted by atomic mass is 32.2. The average Bonchev–Trinajstić information content (AvgIpc) is 2.83. The number of pyridine rings is 1. The zero-order chi connectivity index (χ0) is 15.4. The summed E-state index contributed by atoms with van der Waals surface area (Å²) in [6, 6.07) is 13.5. The fraction of sp³-hybridized carbons (Fsp3) is 0. The van der Waals surface area contributed by atoms with Gasteiger partial charge in [-0.15, -0.1) is 0 Å². The zero-order valence-electron chi connectivity index (χ0n) is 11.5. The Morgan fingerprint density at radius 1 is 1.14 bits per heavy atom. The fourth-order valence-corrected chi connectivity index (χ4v) is 3.25. The normalized spacial score (nSPS) is 16.9. The van der Waals surface area contributed by atoms with Gasteiger partial charge in [-0.3, -0.25) is 14.7 Å². The number of hydrogen-bond donors (Lipinski definition) is 0. The van der Waals surface area contributed by atoms with E-state index in [1.165, 1.54) is 16.7 Å². The minimum Gasteiger partial charge on any atom is -0.268 e. The molecule has 0 spiro atoms. The molecule has 0 N–H and O–H groups in total. The summed E-state index contributed by atoms with van der Waals surface area (Å²) in [7, 11) is 0. The van der Waals surface area contributed by atoms with Gasteiger partial charge >= 0.3 is 0 Å². The van der Waals surface area contributed by atoms with Crippen molar-refractivity contribution in [2.75, 3.05) is 4.90 Å². The van der Waals surface area contributed by atoms with Crippen molar-refractivity contribution in [3.63, 3.8) is 0 Å². The van der Waals surface area contributed by atoms with Crippen LogP contribution in [0, 0.1) is 0 Å². The number of aromatic nitrogens is 1. The van der Waals surface area contributed by atoms with Crippen LogP contribution in [0.15, 0.2) is 71.9 Å². The first-order valence-electron chi connectivity index (χ1n) is 6.65. The van der Waals surface area contributed by atoms with Gasteiger partial charge in [-0.25, -0.2) is 0 Å². The molecular weight excluding hydrogens is 312 g/mol. The number of hydrogen-bond acceptors (Lipinski definition) is 4. The Morgan fingerprint density at radius 3 is 2.68 bits per heavy atom. The Morgan fingerprint density at radius 2 is 1.95 bits per heavy atom. The van der Waals surface area contributed by atoms with Crippen molar-refractivity contribution in [3.8, 4) is 0 Å². The summed E-state index contributed by atoms with van der Waals surface area (Å²) < 4.78 is 0.525. The van der Waals surface area contributed by atoms with E-state index in [0.29, 0.717) is 14.9 Å². The number of rotatable bonds is 3. The molecule has 1 saturated heterocycles. The summed E-state index contributed by atoms with van der Waals surface area (Å²) in [4.78, 5) is 18.6. The Labute approximate surface area is 138 Å². The molecule has 1 fully saturated rings. The number of anilines is 1. The molecule has 1 aliphatic rings. The number of carbonyl (C=O) groups excluding carboxylic acids is 1. The van der Waals surface area contributed by atoms with Crippen LogP contribution in [-0.4, -0.2) is 15.2 Å². The Kier molecular flexibility index (Phi) is 4.46. The topological polar surface area (TPSA) is 33.2 Å². The van der Waals surface area contributed by atoms with E-state index in [1.807, 2.05) is 48.6 Å². The molecule has 1 aromatic heterocycles. The lowest BCUT2D eigenvalue weighted by Gasteiger charge is -2.13. The van der Waals surface area contributed by atoms with E-state index in [-0.39, 0.29) is 5.91 Å². The van der Waals surface area contributed by atoms with Gasteiger partial charge in [-0.05, 0) is 23.8 Å². The highest BCUT2D eigenvalue weighted by Gasteiger charge is 2.32. The molecule has 5 heteroatoms. The number of nitrogens with zero attached hydrogens (tertiary/aromatic N) is 2. The molecule has 22 heavy (non-hydrogen) atoms. The molecule has 0 saturated carbocycles. The van der Waals surface area contributed by atoms with Gasteiger partial charge in [0.1, 0.15) is 0 Å². The Hall–Kier alpha value is -2.24. The lowest BCUT2D eigenvalue weighted by molar-refractivity contribution is -0.113. The van der Waals surface area contributed by atoms with Gasteiger partial charge in [0, 0.05) is 6.20 Å². The maximum absolute atomic E-state index is 12.4. The van der Waals surface area contributed by atoms with E-state index in [9.17, 15) is 4.79 Å². The standard InChI is InChI=1S/C17H12N2OS2/c20-16-15(10-4-8-13-6-2-1-3-7-13)22-17(21)19(16)14-9-5-11-18-12-14/h1-12H/b8-4+,15-10+. The molecule has 2 aromatic rings. The predicted molar refractivity (Wildman–Crippen MR) is 95.5 cm³/mol. The first-order valence-corrected chi connectivity index (χ1v) is 7.88.